The van der Waals surface area contributed by atoms with Gasteiger partial charge in [-0.1, -0.05) is 297 Å². The molecule has 0 radical (unpaired) electrons. The average Bonchev–Trinajstić information content (AvgIpc) is 1.61. The Morgan fingerprint density at radius 3 is 1.56 bits per heavy atom. The first-order valence-corrected chi connectivity index (χ1v) is 52.1. The molecule has 13 aromatic rings. The van der Waals surface area contributed by atoms with Crippen molar-refractivity contribution in [3.05, 3.63) is 277 Å². The molecule has 10 heterocycles. The Bertz CT molecular complexity index is 6860. The predicted octanol–water partition coefficient (Wildman–Crippen LogP) is 29.2. The van der Waals surface area contributed by atoms with E-state index in [0.29, 0.717) is 75.8 Å². The lowest BCUT2D eigenvalue weighted by Gasteiger charge is -2.18. The molecule has 0 unspecified atom stereocenters. The van der Waals surface area contributed by atoms with E-state index in [1.807, 2.05) is 323 Å². The van der Waals surface area contributed by atoms with Gasteiger partial charge in [0.15, 0.2) is 44.3 Å². The summed E-state index contributed by atoms with van der Waals surface area (Å²) < 4.78 is 55.1. The number of aromatic nitrogens is 7. The fourth-order valence-electron chi connectivity index (χ4n) is 15.0. The van der Waals surface area contributed by atoms with Gasteiger partial charge in [0, 0.05) is 150 Å². The summed E-state index contributed by atoms with van der Waals surface area (Å²) in [6, 6.07) is 54.2. The molecule has 0 atom stereocenters. The van der Waals surface area contributed by atoms with Crippen molar-refractivity contribution in [2.24, 2.45) is 76.5 Å². The Morgan fingerprint density at radius 1 is 0.514 bits per heavy atom. The number of hydrogen-bond acceptors (Lipinski definition) is 17. The molecule has 0 saturated heterocycles. The minimum Gasteiger partial charge on any atom is -0.494 e. The van der Waals surface area contributed by atoms with Crippen molar-refractivity contribution < 1.29 is 60.4 Å². The van der Waals surface area contributed by atoms with Crippen LogP contribution in [0.4, 0.5) is 0 Å². The number of Topliss-reactive ketones (excluding diaryl/α,β-unsaturated/α-hetero) is 7. The Hall–Kier alpha value is -11.9. The van der Waals surface area contributed by atoms with E-state index < -0.39 is 20.0 Å². The van der Waals surface area contributed by atoms with E-state index in [1.165, 1.54) is 40.9 Å². The van der Waals surface area contributed by atoms with Crippen LogP contribution in [0, 0.1) is 71.0 Å². The Morgan fingerprint density at radius 2 is 1.05 bits per heavy atom. The van der Waals surface area contributed by atoms with Crippen LogP contribution in [0.5, 0.6) is 11.5 Å². The van der Waals surface area contributed by atoms with E-state index in [9.17, 15) is 42.0 Å². The molecule has 1 saturated carbocycles. The van der Waals surface area contributed by atoms with Crippen LogP contribution in [0.3, 0.4) is 0 Å². The molecular weight excluding hydrogens is 1860 g/mol. The molecule has 8 aromatic heterocycles. The van der Waals surface area contributed by atoms with Crippen molar-refractivity contribution in [3.8, 4) is 34.2 Å². The van der Waals surface area contributed by atoms with E-state index in [2.05, 4.69) is 104 Å². The van der Waals surface area contributed by atoms with Crippen molar-refractivity contribution in [2.45, 2.75) is 269 Å². The number of nitrogens with zero attached hydrogens (tertiary/aromatic N) is 8. The number of carbonyl (C=O) groups is 7. The number of methoxy groups -OCH3 is 1. The molecule has 0 bridgehead atoms. The molecule has 21 nitrogen and oxygen atoms in total. The second kappa shape index (κ2) is 47.5. The maximum Gasteiger partial charge on any atom is 0.227 e. The van der Waals surface area contributed by atoms with Crippen LogP contribution in [0.1, 0.15) is 308 Å². The number of ether oxygens (including phenoxy) is 2. The number of aryl methyl sites for hydroxylation is 7. The number of hydrogen-bond donors (Lipinski definition) is 0. The van der Waals surface area contributed by atoms with E-state index in [-0.39, 0.29) is 72.6 Å². The molecule has 3 aliphatic rings. The van der Waals surface area contributed by atoms with Crippen LogP contribution >= 0.6 is 22.9 Å². The summed E-state index contributed by atoms with van der Waals surface area (Å²) in [5, 5.41) is 7.52. The molecule has 144 heavy (non-hydrogen) atoms. The second-order valence-corrected chi connectivity index (χ2v) is 51.0. The van der Waals surface area contributed by atoms with Gasteiger partial charge in [0.1, 0.15) is 39.7 Å². The van der Waals surface area contributed by atoms with Gasteiger partial charge in [-0.2, -0.15) is 4.98 Å². The maximum absolute atomic E-state index is 12.5. The third kappa shape index (κ3) is 32.0. The summed E-state index contributed by atoms with van der Waals surface area (Å²) in [4.78, 5) is 94.4. The largest absolute Gasteiger partial charge is 0.494 e. The number of rotatable bonds is 16. The normalized spacial score (nSPS) is 13.1. The van der Waals surface area contributed by atoms with Crippen LogP contribution in [0.2, 0.25) is 5.15 Å². The lowest BCUT2D eigenvalue weighted by atomic mass is 9.87. The number of carbonyl (C=O) groups excluding carboxylic acids is 7. The van der Waals surface area contributed by atoms with Gasteiger partial charge in [-0.3, -0.25) is 38.6 Å². The SMILES string of the molecule is CC(C)(C)C(=O)Cc1ccc2c(c1)CCO2.CC(C)(C)C(=O)Cc1ccccc1.CC(C)(C)C(=O)c1cccn1C1CC1.CC(C)(C)S(=O)(=O)c1csc(C2=NCC=C2)c1.COc1ccn(C)c1C(=O)C(C)(C)C.Cc1cc(C(=O)C(C)(C)C)n(C)c1Cl.Cc1ccc(-c2cc3c(cc(C(=O)C(C)(C)C)n3C)o2)cc1.Cc1ccc2c(c1)cc(C(=O)C(C)(C)C)n2C.Cc1ccccc1-c1noc(CC(C)(C)C)n1. The Balaban J connectivity index is 0.000000199. The fourth-order valence-corrected chi connectivity index (χ4v) is 17.6. The number of fused-ring (bicyclic) bond motifs is 3. The number of thiophene rings is 1. The van der Waals surface area contributed by atoms with Gasteiger partial charge >= 0.3 is 0 Å². The molecule has 0 spiro atoms. The van der Waals surface area contributed by atoms with Crippen LogP contribution in [-0.2, 0) is 73.3 Å². The highest BCUT2D eigenvalue weighted by Gasteiger charge is 2.36. The van der Waals surface area contributed by atoms with Gasteiger partial charge in [0.05, 0.1) is 68.8 Å². The third-order valence-electron chi connectivity index (χ3n) is 24.2. The van der Waals surface area contributed by atoms with Crippen molar-refractivity contribution in [2.75, 3.05) is 20.3 Å². The molecule has 774 valence electrons. The maximum atomic E-state index is 12.5. The van der Waals surface area contributed by atoms with Crippen LogP contribution in [0.15, 0.2) is 213 Å². The van der Waals surface area contributed by atoms with E-state index in [1.54, 1.807) is 54.5 Å². The van der Waals surface area contributed by atoms with Crippen LogP contribution in [0.25, 0.3) is 44.7 Å². The average molecular weight is 2020 g/mol. The van der Waals surface area contributed by atoms with Gasteiger partial charge in [-0.15, -0.1) is 11.3 Å². The minimum absolute atomic E-state index is 0.0989. The van der Waals surface area contributed by atoms with Gasteiger partial charge in [-0.25, -0.2) is 8.42 Å². The van der Waals surface area contributed by atoms with Gasteiger partial charge in [-0.05, 0) is 155 Å². The van der Waals surface area contributed by atoms with Crippen molar-refractivity contribution in [3.63, 3.8) is 0 Å². The topological polar surface area (TPSA) is 261 Å². The zero-order chi connectivity index (χ0) is 108. The summed E-state index contributed by atoms with van der Waals surface area (Å²) in [7, 11) is 5.85. The lowest BCUT2D eigenvalue weighted by Crippen LogP contribution is -2.27. The van der Waals surface area contributed by atoms with E-state index in [0.717, 1.165) is 108 Å². The van der Waals surface area contributed by atoms with Crippen molar-refractivity contribution in [1.82, 2.24) is 33.0 Å². The van der Waals surface area contributed by atoms with Gasteiger partial charge in [0.2, 0.25) is 11.7 Å². The summed E-state index contributed by atoms with van der Waals surface area (Å²) in [6.45, 7) is 61.9. The summed E-state index contributed by atoms with van der Waals surface area (Å²) in [5.74, 6) is 5.19. The molecule has 0 N–H and O–H groups in total. The number of furan rings is 1. The summed E-state index contributed by atoms with van der Waals surface area (Å²) in [5.41, 5.74) is 15.4. The first-order chi connectivity index (χ1) is 66.4. The highest BCUT2D eigenvalue weighted by Crippen LogP contribution is 2.40. The van der Waals surface area contributed by atoms with E-state index >= 15 is 0 Å². The molecule has 0 amide bonds. The number of ketones is 7. The quantitative estimate of drug-likeness (QED) is 0.0814. The standard InChI is InChI=1S/C19H21NO2.C15H19NO.C14H18N2O.C14H18O2.C12H15NO2S2.C12H17NO.C12H16O.C11H16ClNO.C11H17NO2/c1-12-6-8-13(9-7-12)16-10-14-17(22-16)11-15(20(14)5)18(21)19(2,3)4;1-10-6-7-12-11(8-10)9-13(16(12)5)14(17)15(2,3)4;1-10-7-5-6-8-11(10)13-15-12(17-16-13)9-14(2,3)4;1-14(2,3)13(15)9-10-4-5-12-11(8-10)6-7-16-12;1-12(2,3)17(14,15)9-7-11(16-8-9)10-5-4-6-13-10;1-12(2,3)11(14)10-5-4-8-13(10)9-6-7-9;1-12(2,3)11(13)9-10-7-5-4-6-8-10;1-7-6-8(13(5)10(7)12)9(14)11(2,3)4;1-11(2,3)10(13)9-8(14-5)6-7-12(9)4/h6-11H,1-5H3;6-9H,1-5H3;5-8H,9H2,1-4H3;4-5,8H,6-7,9H2,1-3H3;4-5,7-8H,6H2,1-3H3;4-5,8-9H,6-7H2,1-3H3;4-8H,9H2,1-3H3;6H,1-5H3;6-7H,1-5H3. The third-order valence-corrected chi connectivity index (χ3v) is 28.4. The number of sulfone groups is 1. The Labute approximate surface area is 865 Å². The molecule has 24 heteroatoms. The van der Waals surface area contributed by atoms with Crippen molar-refractivity contribution >= 4 is 101 Å². The summed E-state index contributed by atoms with van der Waals surface area (Å²) in [6.07, 6.45) is 13.0. The minimum atomic E-state index is -3.25. The zero-order valence-electron chi connectivity index (χ0n) is 92.3. The molecule has 2 aliphatic heterocycles. The lowest BCUT2D eigenvalue weighted by molar-refractivity contribution is -0.126. The molecule has 1 aliphatic carbocycles. The van der Waals surface area contributed by atoms with Gasteiger partial charge < -0.3 is 41.2 Å². The molecule has 5 aromatic carbocycles. The predicted molar refractivity (Wildman–Crippen MR) is 590 cm³/mol. The monoisotopic (exact) mass is 2020 g/mol. The number of allylic oxidation sites excluding steroid dienone is 1. The first kappa shape index (κ1) is 117. The summed E-state index contributed by atoms with van der Waals surface area (Å²) >= 11 is 7.43. The molecule has 1 fully saturated rings. The molecule has 16 rings (SSSR count). The van der Waals surface area contributed by atoms with Crippen LogP contribution in [-0.4, -0.2) is 113 Å². The van der Waals surface area contributed by atoms with E-state index in [4.69, 9.17) is 30.0 Å². The highest BCUT2D eigenvalue weighted by molar-refractivity contribution is 7.92. The Kier molecular flexibility index (Phi) is 38.7. The second-order valence-electron chi connectivity index (χ2n) is 47.0. The van der Waals surface area contributed by atoms with Gasteiger partial charge in [0.25, 0.3) is 0 Å². The first-order valence-electron chi connectivity index (χ1n) is 49.4. The number of benzene rings is 5. The van der Waals surface area contributed by atoms with Crippen molar-refractivity contribution in [1.29, 1.82) is 0 Å². The fraction of sp³-hybridized carbons (Fsp3) is 0.450. The number of aliphatic imine (C=N–C) groups is 1. The smallest absolute Gasteiger partial charge is 0.227 e. The number of halogens is 1. The zero-order valence-corrected chi connectivity index (χ0v) is 94.7. The highest BCUT2D eigenvalue weighted by atomic mass is 35.5. The molecular formula is C120H157ClN8O13S2. The van der Waals surface area contributed by atoms with Crippen LogP contribution < -0.4 is 9.47 Å².